The lowest BCUT2D eigenvalue weighted by atomic mass is 9.75. The Kier molecular flexibility index (Phi) is 4.35. The van der Waals surface area contributed by atoms with Crippen LogP contribution in [0.1, 0.15) is 32.1 Å². The van der Waals surface area contributed by atoms with E-state index in [2.05, 4.69) is 12.3 Å². The van der Waals surface area contributed by atoms with E-state index in [4.69, 9.17) is 4.74 Å². The van der Waals surface area contributed by atoms with Crippen LogP contribution in [0.5, 0.6) is 0 Å². The zero-order valence-electron chi connectivity index (χ0n) is 10.7. The number of hydrogen-bond donors (Lipinski definition) is 0. The van der Waals surface area contributed by atoms with Gasteiger partial charge in [0.2, 0.25) is 0 Å². The van der Waals surface area contributed by atoms with Crippen LogP contribution >= 0.6 is 0 Å². The summed E-state index contributed by atoms with van der Waals surface area (Å²) in [6, 6.07) is 0. The Balaban J connectivity index is 2.16. The van der Waals surface area contributed by atoms with Gasteiger partial charge in [-0.25, -0.2) is 0 Å². The molecule has 0 unspecified atom stereocenters. The number of carbonyl (C=O) groups excluding carboxylic acids is 1. The highest BCUT2D eigenvalue weighted by molar-refractivity contribution is 6.00. The van der Waals surface area contributed by atoms with E-state index < -0.39 is 5.60 Å². The second kappa shape index (κ2) is 5.99. The summed E-state index contributed by atoms with van der Waals surface area (Å²) in [7, 11) is 0. The van der Waals surface area contributed by atoms with Gasteiger partial charge in [0.05, 0.1) is 6.61 Å². The lowest BCUT2D eigenvalue weighted by molar-refractivity contribution is -0.111. The number of ether oxygens (including phenoxy) is 1. The van der Waals surface area contributed by atoms with Crippen molar-refractivity contribution in [3.8, 4) is 0 Å². The summed E-state index contributed by atoms with van der Waals surface area (Å²) in [6.07, 6.45) is 15.1. The molecule has 2 nitrogen and oxygen atoms in total. The van der Waals surface area contributed by atoms with Crippen molar-refractivity contribution in [3.63, 3.8) is 0 Å². The highest BCUT2D eigenvalue weighted by Gasteiger charge is 2.37. The Morgan fingerprint density at radius 2 is 2.00 bits per heavy atom. The minimum atomic E-state index is -0.401. The van der Waals surface area contributed by atoms with E-state index in [-0.39, 0.29) is 5.78 Å². The van der Waals surface area contributed by atoms with Crippen LogP contribution in [-0.4, -0.2) is 18.0 Å². The third-order valence-corrected chi connectivity index (χ3v) is 3.82. The van der Waals surface area contributed by atoms with Crippen LogP contribution in [0, 0.1) is 5.92 Å². The Labute approximate surface area is 109 Å². The molecule has 0 amide bonds. The summed E-state index contributed by atoms with van der Waals surface area (Å²) in [6.45, 7) is 4.03. The van der Waals surface area contributed by atoms with E-state index in [1.807, 2.05) is 12.2 Å². The molecule has 1 fully saturated rings. The zero-order chi connectivity index (χ0) is 12.8. The Morgan fingerprint density at radius 3 is 2.61 bits per heavy atom. The quantitative estimate of drug-likeness (QED) is 0.709. The predicted octanol–water partition coefficient (Wildman–Crippen LogP) is 3.36. The van der Waals surface area contributed by atoms with Crippen molar-refractivity contribution < 1.29 is 9.53 Å². The number of rotatable bonds is 4. The highest BCUT2D eigenvalue weighted by atomic mass is 16.5. The molecular formula is C16H20O2. The van der Waals surface area contributed by atoms with E-state index in [1.54, 1.807) is 18.2 Å². The molecule has 0 spiro atoms. The maximum Gasteiger partial charge on any atom is 0.178 e. The summed E-state index contributed by atoms with van der Waals surface area (Å²) in [4.78, 5) is 11.3. The molecule has 2 heteroatoms. The van der Waals surface area contributed by atoms with E-state index in [1.165, 1.54) is 32.1 Å². The lowest BCUT2D eigenvalue weighted by Crippen LogP contribution is -2.40. The highest BCUT2D eigenvalue weighted by Crippen LogP contribution is 2.38. The number of allylic oxidation sites excluding steroid dienone is 2. The summed E-state index contributed by atoms with van der Waals surface area (Å²) >= 11 is 0. The molecule has 0 heterocycles. The zero-order valence-corrected chi connectivity index (χ0v) is 10.7. The molecule has 2 aliphatic carbocycles. The van der Waals surface area contributed by atoms with Crippen molar-refractivity contribution in [2.45, 2.75) is 37.7 Å². The van der Waals surface area contributed by atoms with Crippen LogP contribution < -0.4 is 0 Å². The van der Waals surface area contributed by atoms with Gasteiger partial charge in [-0.15, -0.1) is 5.73 Å². The van der Waals surface area contributed by atoms with Crippen molar-refractivity contribution in [2.75, 3.05) is 6.61 Å². The van der Waals surface area contributed by atoms with Gasteiger partial charge in [0, 0.05) is 0 Å². The minimum absolute atomic E-state index is 0.0456. The SMILES string of the molecule is C=C=CCOC1(C2CCCCC2)C=CC(=O)C=C1. The standard InChI is InChI=1S/C16H20O2/c1-2-3-13-18-16(11-9-15(17)10-12-16)14-7-5-4-6-8-14/h3,9-12,14H,1,4-8,13H2. The molecule has 0 aromatic rings. The predicted molar refractivity (Wildman–Crippen MR) is 72.3 cm³/mol. The third kappa shape index (κ3) is 2.90. The molecule has 96 valence electrons. The van der Waals surface area contributed by atoms with Gasteiger partial charge < -0.3 is 4.74 Å². The van der Waals surface area contributed by atoms with E-state index >= 15 is 0 Å². The van der Waals surface area contributed by atoms with E-state index in [0.717, 1.165) is 0 Å². The molecule has 0 aliphatic heterocycles. The molecule has 0 bridgehead atoms. The molecule has 0 N–H and O–H groups in total. The molecule has 1 saturated carbocycles. The van der Waals surface area contributed by atoms with Gasteiger partial charge >= 0.3 is 0 Å². The summed E-state index contributed by atoms with van der Waals surface area (Å²) < 4.78 is 6.01. The minimum Gasteiger partial charge on any atom is -0.362 e. The normalized spacial score (nSPS) is 22.8. The van der Waals surface area contributed by atoms with Gasteiger partial charge in [-0.05, 0) is 49.1 Å². The number of hydrogen-bond acceptors (Lipinski definition) is 2. The molecule has 2 aliphatic rings. The van der Waals surface area contributed by atoms with Crippen molar-refractivity contribution in [1.29, 1.82) is 0 Å². The molecular weight excluding hydrogens is 224 g/mol. The van der Waals surface area contributed by atoms with E-state index in [9.17, 15) is 4.79 Å². The van der Waals surface area contributed by atoms with Crippen LogP contribution in [0.2, 0.25) is 0 Å². The molecule has 18 heavy (non-hydrogen) atoms. The molecule has 0 aromatic heterocycles. The first-order chi connectivity index (χ1) is 8.77. The van der Waals surface area contributed by atoms with Crippen LogP contribution in [0.4, 0.5) is 0 Å². The molecule has 0 radical (unpaired) electrons. The fourth-order valence-corrected chi connectivity index (χ4v) is 2.82. The average Bonchev–Trinajstić information content (AvgIpc) is 2.43. The summed E-state index contributed by atoms with van der Waals surface area (Å²) in [5.74, 6) is 0.523. The van der Waals surface area contributed by atoms with Crippen LogP contribution in [0.3, 0.4) is 0 Å². The first-order valence-corrected chi connectivity index (χ1v) is 6.67. The fourth-order valence-electron chi connectivity index (χ4n) is 2.82. The average molecular weight is 244 g/mol. The van der Waals surface area contributed by atoms with Crippen molar-refractivity contribution in [3.05, 3.63) is 42.7 Å². The monoisotopic (exact) mass is 244 g/mol. The molecule has 0 atom stereocenters. The first-order valence-electron chi connectivity index (χ1n) is 6.67. The van der Waals surface area contributed by atoms with Gasteiger partial charge in [-0.3, -0.25) is 4.79 Å². The smallest absolute Gasteiger partial charge is 0.178 e. The lowest BCUT2D eigenvalue weighted by Gasteiger charge is -2.39. The van der Waals surface area contributed by atoms with Crippen molar-refractivity contribution in [1.82, 2.24) is 0 Å². The largest absolute Gasteiger partial charge is 0.362 e. The number of carbonyl (C=O) groups is 1. The topological polar surface area (TPSA) is 26.3 Å². The van der Waals surface area contributed by atoms with Crippen LogP contribution in [0.15, 0.2) is 42.7 Å². The maximum atomic E-state index is 11.3. The van der Waals surface area contributed by atoms with Crippen LogP contribution in [0.25, 0.3) is 0 Å². The Morgan fingerprint density at radius 1 is 1.33 bits per heavy atom. The first kappa shape index (κ1) is 13.1. The van der Waals surface area contributed by atoms with Crippen molar-refractivity contribution in [2.24, 2.45) is 5.92 Å². The number of ketones is 1. The third-order valence-electron chi connectivity index (χ3n) is 3.82. The van der Waals surface area contributed by atoms with Gasteiger partial charge in [0.25, 0.3) is 0 Å². The molecule has 0 saturated heterocycles. The Bertz CT molecular complexity index is 389. The Hall–Kier alpha value is -1.37. The van der Waals surface area contributed by atoms with Crippen molar-refractivity contribution >= 4 is 5.78 Å². The summed E-state index contributed by atoms with van der Waals surface area (Å²) in [5.41, 5.74) is 2.32. The molecule has 0 aromatic carbocycles. The summed E-state index contributed by atoms with van der Waals surface area (Å²) in [5, 5.41) is 0. The van der Waals surface area contributed by atoms with Gasteiger partial charge in [0.1, 0.15) is 5.60 Å². The second-order valence-electron chi connectivity index (χ2n) is 4.98. The van der Waals surface area contributed by atoms with Gasteiger partial charge in [-0.1, -0.05) is 25.8 Å². The maximum absolute atomic E-state index is 11.3. The fraction of sp³-hybridized carbons (Fsp3) is 0.500. The van der Waals surface area contributed by atoms with Gasteiger partial charge in [-0.2, -0.15) is 0 Å². The van der Waals surface area contributed by atoms with Gasteiger partial charge in [0.15, 0.2) is 5.78 Å². The van der Waals surface area contributed by atoms with E-state index in [0.29, 0.717) is 12.5 Å². The second-order valence-corrected chi connectivity index (χ2v) is 4.98. The molecule has 2 rings (SSSR count). The van der Waals surface area contributed by atoms with Crippen LogP contribution in [-0.2, 0) is 9.53 Å².